The van der Waals surface area contributed by atoms with Crippen LogP contribution in [0, 0.1) is 11.8 Å². The van der Waals surface area contributed by atoms with Crippen LogP contribution in [-0.4, -0.2) is 12.1 Å². The molecule has 1 aromatic heterocycles. The molecule has 0 N–H and O–H groups in total. The van der Waals surface area contributed by atoms with Crippen LogP contribution in [0.5, 0.6) is 0 Å². The Labute approximate surface area is 112 Å². The SMILES string of the molecule is COC(CCCC(C)C)(c1ccccn1)C(C)C. The van der Waals surface area contributed by atoms with Gasteiger partial charge in [0.25, 0.3) is 0 Å². The van der Waals surface area contributed by atoms with E-state index in [4.69, 9.17) is 4.74 Å². The van der Waals surface area contributed by atoms with Gasteiger partial charge in [-0.25, -0.2) is 0 Å². The lowest BCUT2D eigenvalue weighted by Gasteiger charge is -2.36. The Morgan fingerprint density at radius 1 is 1.22 bits per heavy atom. The second-order valence-corrected chi connectivity index (χ2v) is 5.75. The number of rotatable bonds is 7. The Balaban J connectivity index is 2.88. The zero-order valence-electron chi connectivity index (χ0n) is 12.4. The molecule has 0 aliphatic heterocycles. The maximum absolute atomic E-state index is 5.90. The minimum atomic E-state index is -0.240. The second-order valence-electron chi connectivity index (χ2n) is 5.75. The lowest BCUT2D eigenvalue weighted by Crippen LogP contribution is -2.35. The highest BCUT2D eigenvalue weighted by Crippen LogP contribution is 2.37. The third kappa shape index (κ3) is 3.55. The van der Waals surface area contributed by atoms with Gasteiger partial charge in [-0.05, 0) is 36.8 Å². The molecule has 0 fully saturated rings. The summed E-state index contributed by atoms with van der Waals surface area (Å²) >= 11 is 0. The molecule has 102 valence electrons. The first-order valence-electron chi connectivity index (χ1n) is 6.99. The van der Waals surface area contributed by atoms with Gasteiger partial charge in [-0.1, -0.05) is 40.2 Å². The van der Waals surface area contributed by atoms with E-state index >= 15 is 0 Å². The second kappa shape index (κ2) is 6.89. The van der Waals surface area contributed by atoms with Gasteiger partial charge in [0.05, 0.1) is 5.69 Å². The van der Waals surface area contributed by atoms with Crippen molar-refractivity contribution < 1.29 is 4.74 Å². The highest BCUT2D eigenvalue weighted by atomic mass is 16.5. The monoisotopic (exact) mass is 249 g/mol. The van der Waals surface area contributed by atoms with Crippen molar-refractivity contribution in [2.45, 2.75) is 52.6 Å². The predicted octanol–water partition coefficient (Wildman–Crippen LogP) is 4.41. The summed E-state index contributed by atoms with van der Waals surface area (Å²) in [6.07, 6.45) is 5.31. The molecule has 0 saturated heterocycles. The van der Waals surface area contributed by atoms with Crippen molar-refractivity contribution in [1.82, 2.24) is 4.98 Å². The summed E-state index contributed by atoms with van der Waals surface area (Å²) in [5.41, 5.74) is 0.821. The number of hydrogen-bond donors (Lipinski definition) is 0. The third-order valence-corrected chi connectivity index (χ3v) is 3.72. The Hall–Kier alpha value is -0.890. The third-order valence-electron chi connectivity index (χ3n) is 3.72. The van der Waals surface area contributed by atoms with Gasteiger partial charge < -0.3 is 4.74 Å². The summed E-state index contributed by atoms with van der Waals surface area (Å²) in [6, 6.07) is 6.08. The van der Waals surface area contributed by atoms with Crippen molar-refractivity contribution in [2.24, 2.45) is 11.8 Å². The highest BCUT2D eigenvalue weighted by Gasteiger charge is 2.36. The molecule has 18 heavy (non-hydrogen) atoms. The number of aromatic nitrogens is 1. The Morgan fingerprint density at radius 3 is 2.39 bits per heavy atom. The first-order valence-corrected chi connectivity index (χ1v) is 6.99. The fourth-order valence-corrected chi connectivity index (χ4v) is 2.54. The number of methoxy groups -OCH3 is 1. The van der Waals surface area contributed by atoms with Gasteiger partial charge in [0.15, 0.2) is 0 Å². The van der Waals surface area contributed by atoms with Gasteiger partial charge in [-0.3, -0.25) is 4.98 Å². The Morgan fingerprint density at radius 2 is 1.94 bits per heavy atom. The standard InChI is InChI=1S/C16H27NO/c1-13(2)9-8-11-16(18-5,14(3)4)15-10-6-7-12-17-15/h6-7,10,12-14H,8-9,11H2,1-5H3. The molecule has 1 heterocycles. The molecule has 1 rings (SSSR count). The summed E-state index contributed by atoms with van der Waals surface area (Å²) in [4.78, 5) is 4.52. The van der Waals surface area contributed by atoms with Crippen molar-refractivity contribution in [2.75, 3.05) is 7.11 Å². The molecule has 0 saturated carbocycles. The zero-order valence-corrected chi connectivity index (χ0v) is 12.4. The molecule has 0 spiro atoms. The van der Waals surface area contributed by atoms with E-state index in [1.54, 1.807) is 0 Å². The molecule has 1 atom stereocenters. The molecule has 0 bridgehead atoms. The molecule has 0 aromatic carbocycles. The Bertz CT molecular complexity index is 334. The lowest BCUT2D eigenvalue weighted by atomic mass is 9.81. The molecule has 0 radical (unpaired) electrons. The van der Waals surface area contributed by atoms with Crippen LogP contribution in [0.25, 0.3) is 0 Å². The van der Waals surface area contributed by atoms with Crippen molar-refractivity contribution in [3.8, 4) is 0 Å². The molecular weight excluding hydrogens is 222 g/mol. The first kappa shape index (κ1) is 15.2. The fraction of sp³-hybridized carbons (Fsp3) is 0.688. The van der Waals surface area contributed by atoms with Crippen LogP contribution < -0.4 is 0 Å². The van der Waals surface area contributed by atoms with Crippen LogP contribution in [-0.2, 0) is 10.3 Å². The van der Waals surface area contributed by atoms with Crippen LogP contribution in [0.1, 0.15) is 52.7 Å². The normalized spacial score (nSPS) is 15.1. The quantitative estimate of drug-likeness (QED) is 0.714. The van der Waals surface area contributed by atoms with Gasteiger partial charge in [0.1, 0.15) is 5.60 Å². The molecule has 0 aliphatic carbocycles. The van der Waals surface area contributed by atoms with E-state index in [9.17, 15) is 0 Å². The van der Waals surface area contributed by atoms with Gasteiger partial charge in [-0.2, -0.15) is 0 Å². The highest BCUT2D eigenvalue weighted by molar-refractivity contribution is 5.14. The van der Waals surface area contributed by atoms with Crippen molar-refractivity contribution >= 4 is 0 Å². The molecular formula is C16H27NO. The predicted molar refractivity (Wildman–Crippen MR) is 76.5 cm³/mol. The lowest BCUT2D eigenvalue weighted by molar-refractivity contribution is -0.0659. The minimum Gasteiger partial charge on any atom is -0.372 e. The summed E-state index contributed by atoms with van der Waals surface area (Å²) < 4.78 is 5.90. The topological polar surface area (TPSA) is 22.1 Å². The van der Waals surface area contributed by atoms with E-state index in [2.05, 4.69) is 38.7 Å². The summed E-state index contributed by atoms with van der Waals surface area (Å²) in [5, 5.41) is 0. The van der Waals surface area contributed by atoms with E-state index in [-0.39, 0.29) is 5.60 Å². The smallest absolute Gasteiger partial charge is 0.112 e. The van der Waals surface area contributed by atoms with Crippen LogP contribution in [0.3, 0.4) is 0 Å². The minimum absolute atomic E-state index is 0.240. The zero-order chi connectivity index (χ0) is 13.6. The summed E-state index contributed by atoms with van der Waals surface area (Å²) in [6.45, 7) is 8.97. The van der Waals surface area contributed by atoms with Gasteiger partial charge in [0, 0.05) is 13.3 Å². The number of nitrogens with zero attached hydrogens (tertiary/aromatic N) is 1. The number of hydrogen-bond acceptors (Lipinski definition) is 2. The fourth-order valence-electron chi connectivity index (χ4n) is 2.54. The first-order chi connectivity index (χ1) is 8.53. The van der Waals surface area contributed by atoms with Crippen LogP contribution >= 0.6 is 0 Å². The van der Waals surface area contributed by atoms with E-state index in [0.29, 0.717) is 5.92 Å². The van der Waals surface area contributed by atoms with Crippen molar-refractivity contribution in [3.05, 3.63) is 30.1 Å². The van der Waals surface area contributed by atoms with Gasteiger partial charge in [0.2, 0.25) is 0 Å². The molecule has 0 amide bonds. The van der Waals surface area contributed by atoms with Crippen LogP contribution in [0.2, 0.25) is 0 Å². The average Bonchev–Trinajstić information content (AvgIpc) is 2.35. The number of pyridine rings is 1. The van der Waals surface area contributed by atoms with E-state index in [0.717, 1.165) is 18.0 Å². The molecule has 0 aliphatic rings. The maximum Gasteiger partial charge on any atom is 0.112 e. The number of ether oxygens (including phenoxy) is 1. The largest absolute Gasteiger partial charge is 0.372 e. The van der Waals surface area contributed by atoms with Crippen LogP contribution in [0.4, 0.5) is 0 Å². The van der Waals surface area contributed by atoms with Crippen molar-refractivity contribution in [1.29, 1.82) is 0 Å². The van der Waals surface area contributed by atoms with Crippen molar-refractivity contribution in [3.63, 3.8) is 0 Å². The van der Waals surface area contributed by atoms with Gasteiger partial charge >= 0.3 is 0 Å². The molecule has 2 heteroatoms. The summed E-state index contributed by atoms with van der Waals surface area (Å²) in [5.74, 6) is 1.17. The maximum atomic E-state index is 5.90. The van der Waals surface area contributed by atoms with E-state index in [1.807, 2.05) is 25.4 Å². The molecule has 1 aromatic rings. The van der Waals surface area contributed by atoms with E-state index in [1.165, 1.54) is 12.8 Å². The van der Waals surface area contributed by atoms with Gasteiger partial charge in [-0.15, -0.1) is 0 Å². The average molecular weight is 249 g/mol. The molecule has 1 unspecified atom stereocenters. The van der Waals surface area contributed by atoms with Crippen LogP contribution in [0.15, 0.2) is 24.4 Å². The summed E-state index contributed by atoms with van der Waals surface area (Å²) in [7, 11) is 1.81. The Kier molecular flexibility index (Phi) is 5.80. The molecule has 2 nitrogen and oxygen atoms in total. The van der Waals surface area contributed by atoms with E-state index < -0.39 is 0 Å².